The first-order chi connectivity index (χ1) is 21.5. The molecule has 46 heavy (non-hydrogen) atoms. The number of aliphatic hydroxyl groups is 1. The smallest absolute Gasteiger partial charge is 0.303 e. The third-order valence-corrected chi connectivity index (χ3v) is 14.2. The number of aliphatic hydroxyl groups excluding tert-OH is 1. The van der Waals surface area contributed by atoms with Crippen LogP contribution < -0.4 is 0 Å². The van der Waals surface area contributed by atoms with Gasteiger partial charge >= 0.3 is 11.9 Å². The molecule has 2 saturated heterocycles. The number of carbonyl (C=O) groups excluding carboxylic acids is 2. The molecule has 14 heteroatoms. The van der Waals surface area contributed by atoms with Crippen LogP contribution in [0.3, 0.4) is 0 Å². The lowest BCUT2D eigenvalue weighted by atomic mass is 9.89. The maximum atomic E-state index is 12.3. The van der Waals surface area contributed by atoms with Crippen LogP contribution in [0.5, 0.6) is 0 Å². The zero-order chi connectivity index (χ0) is 34.4. The van der Waals surface area contributed by atoms with E-state index in [1.54, 1.807) is 6.92 Å². The van der Waals surface area contributed by atoms with Crippen LogP contribution in [0, 0.1) is 11.8 Å². The van der Waals surface area contributed by atoms with Gasteiger partial charge < -0.3 is 38.0 Å². The lowest BCUT2D eigenvalue weighted by molar-refractivity contribution is -0.339. The molecule has 258 valence electrons. The molecule has 2 heterocycles. The maximum absolute atomic E-state index is 12.3. The fourth-order valence-electron chi connectivity index (χ4n) is 5.63. The molecular weight excluding hydrogens is 614 g/mol. The van der Waals surface area contributed by atoms with E-state index in [0.717, 1.165) is 5.56 Å². The molecule has 0 aliphatic carbocycles. The van der Waals surface area contributed by atoms with Gasteiger partial charge in [-0.1, -0.05) is 70.1 Å². The summed E-state index contributed by atoms with van der Waals surface area (Å²) in [5, 5.41) is 15.0. The molecule has 2 aliphatic heterocycles. The summed E-state index contributed by atoms with van der Waals surface area (Å²) in [6.45, 7) is 18.8. The van der Waals surface area contributed by atoms with Gasteiger partial charge in [0, 0.05) is 18.8 Å². The molecule has 1 N–H and O–H groups in total. The minimum Gasteiger partial charge on any atom is -0.463 e. The van der Waals surface area contributed by atoms with Gasteiger partial charge in [-0.15, -0.1) is 0 Å². The summed E-state index contributed by atoms with van der Waals surface area (Å²) < 4.78 is 42.9. The van der Waals surface area contributed by atoms with Crippen molar-refractivity contribution in [3.05, 3.63) is 46.3 Å². The number of rotatable bonds is 13. The molecule has 4 unspecified atom stereocenters. The van der Waals surface area contributed by atoms with Gasteiger partial charge in [-0.3, -0.25) is 9.59 Å². The Kier molecular flexibility index (Phi) is 13.2. The van der Waals surface area contributed by atoms with Gasteiger partial charge in [0.2, 0.25) is 0 Å². The van der Waals surface area contributed by atoms with E-state index in [-0.39, 0.29) is 18.3 Å². The molecule has 0 radical (unpaired) electrons. The Balaban J connectivity index is 1.96. The second-order valence-electron chi connectivity index (χ2n) is 13.5. The van der Waals surface area contributed by atoms with Crippen LogP contribution in [0.15, 0.2) is 35.4 Å². The first-order valence-electron chi connectivity index (χ1n) is 15.8. The summed E-state index contributed by atoms with van der Waals surface area (Å²) in [7, 11) is -2.50. The fourth-order valence-corrected chi connectivity index (χ4v) is 8.10. The molecule has 2 fully saturated rings. The van der Waals surface area contributed by atoms with E-state index in [1.165, 1.54) is 13.8 Å². The van der Waals surface area contributed by atoms with E-state index in [4.69, 9.17) is 32.8 Å². The highest BCUT2D eigenvalue weighted by atomic mass is 28.4. The molecule has 0 amide bonds. The van der Waals surface area contributed by atoms with Crippen molar-refractivity contribution < 1.29 is 47.5 Å². The molecule has 2 aliphatic rings. The molecule has 0 bridgehead atoms. The molecule has 1 aromatic carbocycles. The molecular formula is C32H51N3O10Si. The molecule has 1 aromatic rings. The fraction of sp³-hybridized carbons (Fsp3) is 0.750. The number of benzene rings is 1. The third kappa shape index (κ3) is 9.07. The van der Waals surface area contributed by atoms with Crippen molar-refractivity contribution in [1.82, 2.24) is 0 Å². The summed E-state index contributed by atoms with van der Waals surface area (Å²) in [6, 6.07) is 8.57. The topological polar surface area (TPSA) is 168 Å². The Morgan fingerprint density at radius 3 is 2.26 bits per heavy atom. The summed E-state index contributed by atoms with van der Waals surface area (Å²) in [6.07, 6.45) is -7.98. The zero-order valence-corrected chi connectivity index (χ0v) is 29.6. The average molecular weight is 666 g/mol. The number of azide groups is 1. The molecule has 0 aromatic heterocycles. The highest BCUT2D eigenvalue weighted by Gasteiger charge is 2.54. The number of nitrogens with zero attached hydrogens (tertiary/aromatic N) is 3. The summed E-state index contributed by atoms with van der Waals surface area (Å²) in [5.74, 6) is -1.37. The number of carbonyl (C=O) groups is 2. The van der Waals surface area contributed by atoms with E-state index < -0.39 is 81.4 Å². The first kappa shape index (κ1) is 37.9. The number of esters is 2. The Morgan fingerprint density at radius 1 is 1.04 bits per heavy atom. The van der Waals surface area contributed by atoms with Crippen LogP contribution in [0.1, 0.15) is 61.0 Å². The third-order valence-electron chi connectivity index (χ3n) is 9.69. The average Bonchev–Trinajstić information content (AvgIpc) is 2.97. The first-order valence-corrected chi connectivity index (χ1v) is 18.7. The van der Waals surface area contributed by atoms with Crippen molar-refractivity contribution in [3.8, 4) is 0 Å². The monoisotopic (exact) mass is 665 g/mol. The van der Waals surface area contributed by atoms with Crippen molar-refractivity contribution in [2.45, 2.75) is 135 Å². The van der Waals surface area contributed by atoms with Gasteiger partial charge in [0.1, 0.15) is 24.9 Å². The largest absolute Gasteiger partial charge is 0.463 e. The summed E-state index contributed by atoms with van der Waals surface area (Å²) in [5.41, 5.74) is 10.4. The molecule has 0 spiro atoms. The standard InChI is InChI=1S/C32H51N3O10Si/c1-18(2)32(7,8)46(9,10)45-30-25(34-35-33)19(3)27(24(43-30)17-39-21(5)36)44-31-29(42-22(6)37)28(26(38)20(4)41-31)40-16-23-14-12-11-13-15-23/h11-15,18-20,24-31,38H,16-17H2,1-10H3/t19-,20?,24?,25?,26-,27+,28?,29+,30+,31+/m1/s1. The minimum atomic E-state index is -2.50. The molecule has 0 saturated carbocycles. The predicted octanol–water partition coefficient (Wildman–Crippen LogP) is 5.26. The van der Waals surface area contributed by atoms with Crippen molar-refractivity contribution >= 4 is 20.3 Å². The summed E-state index contributed by atoms with van der Waals surface area (Å²) in [4.78, 5) is 27.3. The van der Waals surface area contributed by atoms with E-state index >= 15 is 0 Å². The van der Waals surface area contributed by atoms with Gasteiger partial charge in [-0.05, 0) is 48.0 Å². The Hall–Kier alpha value is -2.55. The van der Waals surface area contributed by atoms with Crippen LogP contribution in [-0.2, 0) is 49.0 Å². The lowest BCUT2D eigenvalue weighted by Gasteiger charge is -2.51. The predicted molar refractivity (Wildman–Crippen MR) is 171 cm³/mol. The highest BCUT2D eigenvalue weighted by molar-refractivity contribution is 6.74. The Morgan fingerprint density at radius 2 is 1.70 bits per heavy atom. The quantitative estimate of drug-likeness (QED) is 0.0965. The zero-order valence-electron chi connectivity index (χ0n) is 28.6. The molecule has 10 atom stereocenters. The summed E-state index contributed by atoms with van der Waals surface area (Å²) >= 11 is 0. The molecule has 3 rings (SSSR count). The SMILES string of the molecule is CC(=O)OCC1O[C@@H](O[Si](C)(C)C(C)(C)C(C)C)C(N=[N+]=[N-])[C@@H](C)[C@@H]1O[C@@H]1OC(C)[C@@H](O)C(OCc2ccccc2)[C@@H]1OC(C)=O. The van der Waals surface area contributed by atoms with E-state index in [2.05, 4.69) is 50.8 Å². The van der Waals surface area contributed by atoms with Crippen LogP contribution in [0.2, 0.25) is 18.1 Å². The van der Waals surface area contributed by atoms with Crippen molar-refractivity contribution in [2.24, 2.45) is 17.0 Å². The Bertz CT molecular complexity index is 1210. The Labute approximate surface area is 272 Å². The highest BCUT2D eigenvalue weighted by Crippen LogP contribution is 2.46. The number of hydrogen-bond donors (Lipinski definition) is 1. The normalized spacial score (nSPS) is 32.0. The van der Waals surface area contributed by atoms with Crippen LogP contribution in [-0.4, -0.2) is 87.2 Å². The van der Waals surface area contributed by atoms with Crippen molar-refractivity contribution in [1.29, 1.82) is 0 Å². The van der Waals surface area contributed by atoms with Crippen LogP contribution in [0.4, 0.5) is 0 Å². The van der Waals surface area contributed by atoms with E-state index in [1.807, 2.05) is 37.3 Å². The minimum absolute atomic E-state index is 0.141. The lowest BCUT2D eigenvalue weighted by Crippen LogP contribution is -2.64. The van der Waals surface area contributed by atoms with Crippen molar-refractivity contribution in [2.75, 3.05) is 6.61 Å². The van der Waals surface area contributed by atoms with Crippen LogP contribution in [0.25, 0.3) is 10.4 Å². The van der Waals surface area contributed by atoms with Gasteiger partial charge in [0.15, 0.2) is 27.0 Å². The maximum Gasteiger partial charge on any atom is 0.303 e. The van der Waals surface area contributed by atoms with Gasteiger partial charge in [-0.2, -0.15) is 0 Å². The number of ether oxygens (including phenoxy) is 6. The van der Waals surface area contributed by atoms with Gasteiger partial charge in [-0.25, -0.2) is 0 Å². The van der Waals surface area contributed by atoms with E-state index in [0.29, 0.717) is 5.92 Å². The van der Waals surface area contributed by atoms with Crippen LogP contribution >= 0.6 is 0 Å². The number of hydrogen-bond acceptors (Lipinski definition) is 11. The van der Waals surface area contributed by atoms with Gasteiger partial charge in [0.05, 0.1) is 24.9 Å². The molecule has 13 nitrogen and oxygen atoms in total. The second kappa shape index (κ2) is 16.0. The van der Waals surface area contributed by atoms with E-state index in [9.17, 15) is 20.2 Å². The second-order valence-corrected chi connectivity index (χ2v) is 18.1. The van der Waals surface area contributed by atoms with Gasteiger partial charge in [0.25, 0.3) is 0 Å². The van der Waals surface area contributed by atoms with Crippen molar-refractivity contribution in [3.63, 3.8) is 0 Å².